The first kappa shape index (κ1) is 13.5. The molecular formula is C17H21N5. The Hall–Kier alpha value is -2.17. The summed E-state index contributed by atoms with van der Waals surface area (Å²) >= 11 is 0. The van der Waals surface area contributed by atoms with E-state index in [9.17, 15) is 0 Å². The molecular weight excluding hydrogens is 274 g/mol. The maximum absolute atomic E-state index is 4.48. The van der Waals surface area contributed by atoms with Crippen LogP contribution in [0.3, 0.4) is 0 Å². The van der Waals surface area contributed by atoms with E-state index < -0.39 is 0 Å². The van der Waals surface area contributed by atoms with Crippen LogP contribution in [0.4, 0.5) is 11.6 Å². The molecule has 5 heteroatoms. The summed E-state index contributed by atoms with van der Waals surface area (Å²) in [7, 11) is 0. The number of hydrogen-bond acceptors (Lipinski definition) is 5. The van der Waals surface area contributed by atoms with E-state index in [4.69, 9.17) is 0 Å². The quantitative estimate of drug-likeness (QED) is 0.867. The van der Waals surface area contributed by atoms with Crippen molar-refractivity contribution in [1.82, 2.24) is 15.0 Å². The molecule has 0 amide bonds. The minimum Gasteiger partial charge on any atom is -0.356 e. The molecule has 0 radical (unpaired) electrons. The lowest BCUT2D eigenvalue weighted by molar-refractivity contribution is 0.457. The number of rotatable bonds is 4. The maximum Gasteiger partial charge on any atom is 0.132 e. The van der Waals surface area contributed by atoms with Crippen LogP contribution < -0.4 is 9.80 Å². The van der Waals surface area contributed by atoms with E-state index in [1.54, 1.807) is 6.33 Å². The van der Waals surface area contributed by atoms with Gasteiger partial charge in [-0.05, 0) is 43.9 Å². The van der Waals surface area contributed by atoms with Crippen LogP contribution in [0.25, 0.3) is 0 Å². The van der Waals surface area contributed by atoms with Gasteiger partial charge in [0.25, 0.3) is 0 Å². The lowest BCUT2D eigenvalue weighted by Gasteiger charge is -2.39. The molecule has 0 N–H and O–H groups in total. The molecule has 0 bridgehead atoms. The second-order valence-corrected chi connectivity index (χ2v) is 6.11. The third-order valence-electron chi connectivity index (χ3n) is 4.60. The van der Waals surface area contributed by atoms with Crippen LogP contribution in [0, 0.1) is 0 Å². The average molecular weight is 295 g/mol. The molecule has 1 saturated carbocycles. The summed E-state index contributed by atoms with van der Waals surface area (Å²) in [5, 5.41) is 0. The fourth-order valence-corrected chi connectivity index (χ4v) is 3.38. The van der Waals surface area contributed by atoms with E-state index in [-0.39, 0.29) is 0 Å². The van der Waals surface area contributed by atoms with E-state index >= 15 is 0 Å². The van der Waals surface area contributed by atoms with Gasteiger partial charge in [0.05, 0.1) is 0 Å². The highest BCUT2D eigenvalue weighted by Crippen LogP contribution is 2.35. The van der Waals surface area contributed by atoms with Gasteiger partial charge in [-0.25, -0.2) is 15.0 Å². The Morgan fingerprint density at radius 2 is 1.73 bits per heavy atom. The summed E-state index contributed by atoms with van der Waals surface area (Å²) in [6, 6.07) is 9.45. The van der Waals surface area contributed by atoms with Gasteiger partial charge in [-0.15, -0.1) is 0 Å². The highest BCUT2D eigenvalue weighted by atomic mass is 15.3. The summed E-state index contributed by atoms with van der Waals surface area (Å²) in [5.41, 5.74) is 0. The number of aromatic nitrogens is 3. The molecule has 0 atom stereocenters. The average Bonchev–Trinajstić information content (AvgIpc) is 3.43. The number of anilines is 2. The zero-order chi connectivity index (χ0) is 14.8. The smallest absolute Gasteiger partial charge is 0.132 e. The van der Waals surface area contributed by atoms with Gasteiger partial charge in [0, 0.05) is 37.6 Å². The van der Waals surface area contributed by atoms with E-state index in [0.717, 1.165) is 37.6 Å². The van der Waals surface area contributed by atoms with Crippen molar-refractivity contribution in [1.29, 1.82) is 0 Å². The van der Waals surface area contributed by atoms with Gasteiger partial charge in [0.2, 0.25) is 0 Å². The molecule has 0 spiro atoms. The summed E-state index contributed by atoms with van der Waals surface area (Å²) in [5.74, 6) is 2.19. The van der Waals surface area contributed by atoms with Crippen molar-refractivity contribution in [2.45, 2.75) is 37.8 Å². The van der Waals surface area contributed by atoms with Crippen molar-refractivity contribution in [3.8, 4) is 0 Å². The lowest BCUT2D eigenvalue weighted by atomic mass is 10.0. The summed E-state index contributed by atoms with van der Waals surface area (Å²) < 4.78 is 0. The molecule has 0 unspecified atom stereocenters. The largest absolute Gasteiger partial charge is 0.356 e. The molecule has 22 heavy (non-hydrogen) atoms. The fraction of sp³-hybridized carbons (Fsp3) is 0.471. The summed E-state index contributed by atoms with van der Waals surface area (Å²) in [4.78, 5) is 17.9. The zero-order valence-corrected chi connectivity index (χ0v) is 12.7. The van der Waals surface area contributed by atoms with Crippen LogP contribution in [0.2, 0.25) is 0 Å². The first-order chi connectivity index (χ1) is 10.9. The second kappa shape index (κ2) is 5.91. The SMILES string of the molecule is c1ccc(N2CCC(N(c3ccncn3)C3CC3)CC2)nc1. The van der Waals surface area contributed by atoms with Gasteiger partial charge in [-0.2, -0.15) is 0 Å². The Morgan fingerprint density at radius 1 is 0.909 bits per heavy atom. The second-order valence-electron chi connectivity index (χ2n) is 6.11. The molecule has 2 fully saturated rings. The van der Waals surface area contributed by atoms with E-state index in [1.165, 1.54) is 12.8 Å². The Morgan fingerprint density at radius 3 is 2.36 bits per heavy atom. The molecule has 3 heterocycles. The first-order valence-electron chi connectivity index (χ1n) is 8.12. The molecule has 0 aromatic carbocycles. The van der Waals surface area contributed by atoms with Crippen LogP contribution >= 0.6 is 0 Å². The van der Waals surface area contributed by atoms with Crippen molar-refractivity contribution >= 4 is 11.6 Å². The first-order valence-corrected chi connectivity index (χ1v) is 8.12. The van der Waals surface area contributed by atoms with Crippen LogP contribution in [0.5, 0.6) is 0 Å². The van der Waals surface area contributed by atoms with Crippen LogP contribution in [-0.2, 0) is 0 Å². The van der Waals surface area contributed by atoms with Gasteiger partial charge in [-0.3, -0.25) is 0 Å². The molecule has 1 aliphatic carbocycles. The molecule has 2 aliphatic rings. The minimum absolute atomic E-state index is 0.586. The van der Waals surface area contributed by atoms with Gasteiger partial charge in [-0.1, -0.05) is 6.07 Å². The van der Waals surface area contributed by atoms with Crippen molar-refractivity contribution < 1.29 is 0 Å². The topological polar surface area (TPSA) is 45.2 Å². The van der Waals surface area contributed by atoms with Crippen molar-refractivity contribution in [2.75, 3.05) is 22.9 Å². The number of pyridine rings is 1. The molecule has 1 saturated heterocycles. The standard InChI is InChI=1S/C17H21N5/c1-2-9-19-16(3-1)21-11-7-15(8-12-21)22(14-4-5-14)17-6-10-18-13-20-17/h1-3,6,9-10,13-15H,4-5,7-8,11-12H2. The van der Waals surface area contributed by atoms with Crippen LogP contribution in [-0.4, -0.2) is 40.1 Å². The third-order valence-corrected chi connectivity index (χ3v) is 4.60. The fourth-order valence-electron chi connectivity index (χ4n) is 3.38. The van der Waals surface area contributed by atoms with E-state index in [2.05, 4.69) is 36.9 Å². The Bertz CT molecular complexity index is 591. The molecule has 114 valence electrons. The van der Waals surface area contributed by atoms with E-state index in [0.29, 0.717) is 12.1 Å². The van der Waals surface area contributed by atoms with Crippen molar-refractivity contribution in [3.05, 3.63) is 43.0 Å². The normalized spacial score (nSPS) is 19.2. The maximum atomic E-state index is 4.48. The zero-order valence-electron chi connectivity index (χ0n) is 12.7. The van der Waals surface area contributed by atoms with Gasteiger partial charge in [0.15, 0.2) is 0 Å². The Kier molecular flexibility index (Phi) is 3.62. The van der Waals surface area contributed by atoms with Crippen LogP contribution in [0.15, 0.2) is 43.0 Å². The van der Waals surface area contributed by atoms with Gasteiger partial charge >= 0.3 is 0 Å². The highest BCUT2D eigenvalue weighted by molar-refractivity contribution is 5.43. The molecule has 4 rings (SSSR count). The number of hydrogen-bond donors (Lipinski definition) is 0. The molecule has 1 aliphatic heterocycles. The summed E-state index contributed by atoms with van der Waals surface area (Å²) in [6.07, 6.45) is 10.3. The monoisotopic (exact) mass is 295 g/mol. The minimum atomic E-state index is 0.586. The third kappa shape index (κ3) is 2.75. The van der Waals surface area contributed by atoms with Gasteiger partial charge < -0.3 is 9.80 Å². The lowest BCUT2D eigenvalue weighted by Crippen LogP contribution is -2.46. The van der Waals surface area contributed by atoms with E-state index in [1.807, 2.05) is 24.5 Å². The predicted octanol–water partition coefficient (Wildman–Crippen LogP) is 2.51. The van der Waals surface area contributed by atoms with Crippen molar-refractivity contribution in [2.24, 2.45) is 0 Å². The molecule has 2 aromatic heterocycles. The number of nitrogens with zero attached hydrogens (tertiary/aromatic N) is 5. The molecule has 5 nitrogen and oxygen atoms in total. The Balaban J connectivity index is 1.46. The van der Waals surface area contributed by atoms with Crippen molar-refractivity contribution in [3.63, 3.8) is 0 Å². The van der Waals surface area contributed by atoms with Crippen LogP contribution in [0.1, 0.15) is 25.7 Å². The highest BCUT2D eigenvalue weighted by Gasteiger charge is 2.36. The number of piperidine rings is 1. The summed E-state index contributed by atoms with van der Waals surface area (Å²) in [6.45, 7) is 2.13. The molecule has 2 aromatic rings. The predicted molar refractivity (Wildman–Crippen MR) is 87.0 cm³/mol. The Labute approximate surface area is 131 Å². The van der Waals surface area contributed by atoms with Gasteiger partial charge in [0.1, 0.15) is 18.0 Å².